The van der Waals surface area contributed by atoms with Crippen molar-refractivity contribution in [3.8, 4) is 11.5 Å². The third-order valence-electron chi connectivity index (χ3n) is 4.08. The zero-order valence-corrected chi connectivity index (χ0v) is 14.2. The largest absolute Gasteiger partial charge is 0.493 e. The molecule has 0 unspecified atom stereocenters. The molecular formula is C16H23ClN2O3. The Morgan fingerprint density at radius 2 is 1.73 bits per heavy atom. The van der Waals surface area contributed by atoms with Gasteiger partial charge < -0.3 is 14.4 Å². The molecule has 0 N–H and O–H groups in total. The first-order valence-corrected chi connectivity index (χ1v) is 7.90. The van der Waals surface area contributed by atoms with Crippen LogP contribution < -0.4 is 9.47 Å². The summed E-state index contributed by atoms with van der Waals surface area (Å²) in [6, 6.07) is 4.03. The van der Waals surface area contributed by atoms with Crippen molar-refractivity contribution in [3.05, 3.63) is 23.3 Å². The monoisotopic (exact) mass is 326 g/mol. The summed E-state index contributed by atoms with van der Waals surface area (Å²) in [5.74, 6) is 1.58. The number of aryl methyl sites for hydroxylation is 1. The van der Waals surface area contributed by atoms with E-state index in [1.807, 2.05) is 17.0 Å². The lowest BCUT2D eigenvalue weighted by Gasteiger charge is -2.34. The number of methoxy groups -OCH3 is 2. The van der Waals surface area contributed by atoms with Crippen LogP contribution in [-0.2, 0) is 11.3 Å². The quantitative estimate of drug-likeness (QED) is 0.775. The Morgan fingerprint density at radius 3 is 2.27 bits per heavy atom. The van der Waals surface area contributed by atoms with Gasteiger partial charge in [0.2, 0.25) is 5.91 Å². The summed E-state index contributed by atoms with van der Waals surface area (Å²) in [5.41, 5.74) is 2.40. The number of piperazine rings is 1. The maximum Gasteiger partial charge on any atom is 0.237 e. The lowest BCUT2D eigenvalue weighted by atomic mass is 10.1. The van der Waals surface area contributed by atoms with Crippen LogP contribution in [0.4, 0.5) is 0 Å². The summed E-state index contributed by atoms with van der Waals surface area (Å²) in [5, 5.41) is 0. The van der Waals surface area contributed by atoms with E-state index in [2.05, 4.69) is 11.8 Å². The molecule has 1 aliphatic rings. The van der Waals surface area contributed by atoms with Crippen LogP contribution >= 0.6 is 11.6 Å². The van der Waals surface area contributed by atoms with Crippen molar-refractivity contribution in [2.75, 3.05) is 46.3 Å². The molecular weight excluding hydrogens is 304 g/mol. The highest BCUT2D eigenvalue weighted by Gasteiger charge is 2.21. The normalized spacial score (nSPS) is 15.7. The number of rotatable bonds is 5. The zero-order valence-electron chi connectivity index (χ0n) is 13.4. The molecule has 6 heteroatoms. The number of carbonyl (C=O) groups excluding carboxylic acids is 1. The first kappa shape index (κ1) is 16.9. The lowest BCUT2D eigenvalue weighted by molar-refractivity contribution is -0.130. The Balaban J connectivity index is 2.01. The molecule has 0 bridgehead atoms. The van der Waals surface area contributed by atoms with Crippen LogP contribution in [0.25, 0.3) is 0 Å². The Kier molecular flexibility index (Phi) is 5.91. The summed E-state index contributed by atoms with van der Waals surface area (Å²) in [4.78, 5) is 15.7. The van der Waals surface area contributed by atoms with E-state index >= 15 is 0 Å². The van der Waals surface area contributed by atoms with Crippen LogP contribution in [0, 0.1) is 6.92 Å². The van der Waals surface area contributed by atoms with E-state index in [1.54, 1.807) is 14.2 Å². The highest BCUT2D eigenvalue weighted by molar-refractivity contribution is 6.27. The topological polar surface area (TPSA) is 42.0 Å². The minimum absolute atomic E-state index is 0.0172. The second kappa shape index (κ2) is 7.70. The van der Waals surface area contributed by atoms with Gasteiger partial charge in [-0.25, -0.2) is 0 Å². The van der Waals surface area contributed by atoms with Gasteiger partial charge in [-0.2, -0.15) is 0 Å². The molecule has 0 atom stereocenters. The fraction of sp³-hybridized carbons (Fsp3) is 0.562. The third-order valence-corrected chi connectivity index (χ3v) is 4.30. The molecule has 22 heavy (non-hydrogen) atoms. The molecule has 0 aromatic heterocycles. The van der Waals surface area contributed by atoms with E-state index in [9.17, 15) is 4.79 Å². The second-order valence-corrected chi connectivity index (χ2v) is 5.69. The summed E-state index contributed by atoms with van der Waals surface area (Å²) in [7, 11) is 3.29. The number of amides is 1. The van der Waals surface area contributed by atoms with Gasteiger partial charge in [0.15, 0.2) is 11.5 Å². The highest BCUT2D eigenvalue weighted by Crippen LogP contribution is 2.30. The molecule has 2 rings (SSSR count). The van der Waals surface area contributed by atoms with Crippen LogP contribution in [0.15, 0.2) is 12.1 Å². The molecule has 5 nitrogen and oxygen atoms in total. The van der Waals surface area contributed by atoms with E-state index in [0.29, 0.717) is 0 Å². The van der Waals surface area contributed by atoms with E-state index in [4.69, 9.17) is 21.1 Å². The van der Waals surface area contributed by atoms with Crippen molar-refractivity contribution in [2.45, 2.75) is 13.5 Å². The summed E-state index contributed by atoms with van der Waals surface area (Å²) in [6.07, 6.45) is 0. The van der Waals surface area contributed by atoms with Gasteiger partial charge in [0, 0.05) is 32.7 Å². The maximum atomic E-state index is 11.6. The Hall–Kier alpha value is -1.46. The van der Waals surface area contributed by atoms with Gasteiger partial charge in [-0.05, 0) is 30.2 Å². The number of hydrogen-bond donors (Lipinski definition) is 0. The minimum atomic E-state index is 0.0172. The van der Waals surface area contributed by atoms with Gasteiger partial charge in [-0.1, -0.05) is 0 Å². The van der Waals surface area contributed by atoms with Crippen LogP contribution in [0.1, 0.15) is 11.1 Å². The predicted molar refractivity (Wildman–Crippen MR) is 86.9 cm³/mol. The van der Waals surface area contributed by atoms with Crippen LogP contribution in [0.2, 0.25) is 0 Å². The van der Waals surface area contributed by atoms with E-state index in [0.717, 1.165) is 44.2 Å². The smallest absolute Gasteiger partial charge is 0.237 e. The molecule has 1 aromatic carbocycles. The van der Waals surface area contributed by atoms with Crippen LogP contribution in [-0.4, -0.2) is 62.0 Å². The number of carbonyl (C=O) groups is 1. The molecule has 1 heterocycles. The van der Waals surface area contributed by atoms with Gasteiger partial charge >= 0.3 is 0 Å². The zero-order chi connectivity index (χ0) is 16.1. The Bertz CT molecular complexity index is 528. The molecule has 1 aliphatic heterocycles. The first-order chi connectivity index (χ1) is 10.6. The number of halogens is 1. The van der Waals surface area contributed by atoms with Crippen LogP contribution in [0.3, 0.4) is 0 Å². The van der Waals surface area contributed by atoms with Gasteiger partial charge in [0.05, 0.1) is 14.2 Å². The van der Waals surface area contributed by atoms with Gasteiger partial charge in [0.25, 0.3) is 0 Å². The van der Waals surface area contributed by atoms with Gasteiger partial charge in [0.1, 0.15) is 5.88 Å². The van der Waals surface area contributed by atoms with E-state index < -0.39 is 0 Å². The van der Waals surface area contributed by atoms with E-state index in [-0.39, 0.29) is 11.8 Å². The standard InChI is InChI=1S/C16H23ClN2O3/c1-12-8-14(21-2)15(22-3)9-13(12)11-18-4-6-19(7-5-18)16(20)10-17/h8-9H,4-7,10-11H2,1-3H3. The summed E-state index contributed by atoms with van der Waals surface area (Å²) >= 11 is 5.60. The van der Waals surface area contributed by atoms with Crippen molar-refractivity contribution >= 4 is 17.5 Å². The minimum Gasteiger partial charge on any atom is -0.493 e. The molecule has 122 valence electrons. The van der Waals surface area contributed by atoms with Gasteiger partial charge in [-0.3, -0.25) is 9.69 Å². The molecule has 0 spiro atoms. The van der Waals surface area contributed by atoms with Crippen molar-refractivity contribution in [3.63, 3.8) is 0 Å². The fourth-order valence-corrected chi connectivity index (χ4v) is 2.84. The van der Waals surface area contributed by atoms with Gasteiger partial charge in [-0.15, -0.1) is 11.6 Å². The summed E-state index contributed by atoms with van der Waals surface area (Å²) < 4.78 is 10.7. The fourth-order valence-electron chi connectivity index (χ4n) is 2.67. The average molecular weight is 327 g/mol. The number of benzene rings is 1. The molecule has 1 saturated heterocycles. The molecule has 0 radical (unpaired) electrons. The maximum absolute atomic E-state index is 11.6. The molecule has 1 fully saturated rings. The van der Waals surface area contributed by atoms with Crippen molar-refractivity contribution in [1.29, 1.82) is 0 Å². The first-order valence-electron chi connectivity index (χ1n) is 7.36. The number of nitrogens with zero attached hydrogens (tertiary/aromatic N) is 2. The Morgan fingerprint density at radius 1 is 1.14 bits per heavy atom. The van der Waals surface area contributed by atoms with Crippen molar-refractivity contribution in [2.24, 2.45) is 0 Å². The Labute approximate surface area is 136 Å². The highest BCUT2D eigenvalue weighted by atomic mass is 35.5. The SMILES string of the molecule is COc1cc(C)c(CN2CCN(C(=O)CCl)CC2)cc1OC. The third kappa shape index (κ3) is 3.84. The predicted octanol–water partition coefficient (Wildman–Crippen LogP) is 1.90. The number of ether oxygens (including phenoxy) is 2. The number of hydrogen-bond acceptors (Lipinski definition) is 4. The van der Waals surface area contributed by atoms with E-state index in [1.165, 1.54) is 11.1 Å². The molecule has 0 saturated carbocycles. The average Bonchev–Trinajstić information content (AvgIpc) is 2.56. The molecule has 1 aromatic rings. The second-order valence-electron chi connectivity index (χ2n) is 5.42. The molecule has 0 aliphatic carbocycles. The van der Waals surface area contributed by atoms with Crippen molar-refractivity contribution < 1.29 is 14.3 Å². The molecule has 1 amide bonds. The van der Waals surface area contributed by atoms with Crippen LogP contribution in [0.5, 0.6) is 11.5 Å². The summed E-state index contributed by atoms with van der Waals surface area (Å²) in [6.45, 7) is 6.10. The lowest BCUT2D eigenvalue weighted by Crippen LogP contribution is -2.48. The number of alkyl halides is 1. The van der Waals surface area contributed by atoms with Crippen molar-refractivity contribution in [1.82, 2.24) is 9.80 Å².